The van der Waals surface area contributed by atoms with Gasteiger partial charge < -0.3 is 10.2 Å². The quantitative estimate of drug-likeness (QED) is 0.842. The lowest BCUT2D eigenvalue weighted by atomic mass is 10.1. The first kappa shape index (κ1) is 18.1. The van der Waals surface area contributed by atoms with E-state index in [1.165, 1.54) is 12.1 Å². The van der Waals surface area contributed by atoms with Crippen LogP contribution in [0.2, 0.25) is 0 Å². The molecular weight excluding hydrogens is 357 g/mol. The van der Waals surface area contributed by atoms with Gasteiger partial charge in [0.1, 0.15) is 5.82 Å². The minimum Gasteiger partial charge on any atom is -0.354 e. The first-order chi connectivity index (χ1) is 12.2. The molecule has 1 aliphatic heterocycles. The summed E-state index contributed by atoms with van der Waals surface area (Å²) in [7, 11) is 0. The van der Waals surface area contributed by atoms with Crippen molar-refractivity contribution in [2.75, 3.05) is 18.0 Å². The molecule has 2 heterocycles. The Hall–Kier alpha value is -2.71. The molecule has 1 saturated heterocycles. The SMILES string of the molecule is O=C(NC1CCN(c2ccc(C(F)(F)F)cn2)C1)c1ccc(F)c(F)c1. The monoisotopic (exact) mass is 371 g/mol. The number of carbonyl (C=O) groups is 1. The molecule has 4 nitrogen and oxygen atoms in total. The second-order valence-corrected chi connectivity index (χ2v) is 5.94. The maximum absolute atomic E-state index is 13.2. The lowest BCUT2D eigenvalue weighted by molar-refractivity contribution is -0.137. The number of pyridine rings is 1. The normalized spacial score (nSPS) is 17.4. The van der Waals surface area contributed by atoms with Crippen molar-refractivity contribution in [1.29, 1.82) is 0 Å². The summed E-state index contributed by atoms with van der Waals surface area (Å²) < 4.78 is 63.8. The van der Waals surface area contributed by atoms with E-state index in [0.717, 1.165) is 24.4 Å². The Kier molecular flexibility index (Phi) is 4.80. The average molecular weight is 371 g/mol. The lowest BCUT2D eigenvalue weighted by Gasteiger charge is -2.18. The number of alkyl halides is 3. The lowest BCUT2D eigenvalue weighted by Crippen LogP contribution is -2.37. The van der Waals surface area contributed by atoms with Gasteiger partial charge >= 0.3 is 6.18 Å². The fourth-order valence-corrected chi connectivity index (χ4v) is 2.73. The maximum Gasteiger partial charge on any atom is 0.417 e. The highest BCUT2D eigenvalue weighted by Crippen LogP contribution is 2.29. The molecule has 3 rings (SSSR count). The summed E-state index contributed by atoms with van der Waals surface area (Å²) in [4.78, 5) is 17.7. The highest BCUT2D eigenvalue weighted by molar-refractivity contribution is 5.94. The number of benzene rings is 1. The van der Waals surface area contributed by atoms with Crippen molar-refractivity contribution in [3.8, 4) is 0 Å². The summed E-state index contributed by atoms with van der Waals surface area (Å²) >= 11 is 0. The summed E-state index contributed by atoms with van der Waals surface area (Å²) in [6.45, 7) is 0.856. The summed E-state index contributed by atoms with van der Waals surface area (Å²) in [6, 6.07) is 4.82. The number of hydrogen-bond acceptors (Lipinski definition) is 3. The molecule has 26 heavy (non-hydrogen) atoms. The molecule has 138 valence electrons. The maximum atomic E-state index is 13.2. The molecule has 1 amide bonds. The second kappa shape index (κ2) is 6.89. The van der Waals surface area contributed by atoms with Crippen LogP contribution in [0.4, 0.5) is 27.8 Å². The van der Waals surface area contributed by atoms with Crippen molar-refractivity contribution in [2.45, 2.75) is 18.6 Å². The Morgan fingerprint density at radius 3 is 2.54 bits per heavy atom. The Bertz CT molecular complexity index is 807. The van der Waals surface area contributed by atoms with E-state index >= 15 is 0 Å². The fourth-order valence-electron chi connectivity index (χ4n) is 2.73. The van der Waals surface area contributed by atoms with Crippen LogP contribution in [0.1, 0.15) is 22.3 Å². The van der Waals surface area contributed by atoms with Gasteiger partial charge in [0.05, 0.1) is 5.56 Å². The molecule has 9 heteroatoms. The smallest absolute Gasteiger partial charge is 0.354 e. The third-order valence-electron chi connectivity index (χ3n) is 4.10. The van der Waals surface area contributed by atoms with E-state index in [-0.39, 0.29) is 11.6 Å². The highest BCUT2D eigenvalue weighted by Gasteiger charge is 2.31. The molecular formula is C17H14F5N3O. The van der Waals surface area contributed by atoms with E-state index in [1.54, 1.807) is 4.90 Å². The number of aromatic nitrogens is 1. The number of carbonyl (C=O) groups excluding carboxylic acids is 1. The summed E-state index contributed by atoms with van der Waals surface area (Å²) in [5.74, 6) is -2.32. The van der Waals surface area contributed by atoms with Gasteiger partial charge in [0.2, 0.25) is 0 Å². The van der Waals surface area contributed by atoms with Crippen LogP contribution in [-0.2, 0) is 6.18 Å². The number of anilines is 1. The molecule has 0 bridgehead atoms. The summed E-state index contributed by atoms with van der Waals surface area (Å²) in [6.07, 6.45) is -3.13. The van der Waals surface area contributed by atoms with Crippen molar-refractivity contribution >= 4 is 11.7 Å². The Labute approximate surface area is 145 Å². The summed E-state index contributed by atoms with van der Waals surface area (Å²) in [5, 5.41) is 2.70. The number of halogens is 5. The zero-order valence-corrected chi connectivity index (χ0v) is 13.4. The van der Waals surface area contributed by atoms with Gasteiger partial charge in [0, 0.05) is 30.9 Å². The van der Waals surface area contributed by atoms with Gasteiger partial charge in [-0.1, -0.05) is 0 Å². The van der Waals surface area contributed by atoms with Crippen molar-refractivity contribution in [1.82, 2.24) is 10.3 Å². The van der Waals surface area contributed by atoms with E-state index in [9.17, 15) is 26.7 Å². The number of nitrogens with zero attached hydrogens (tertiary/aromatic N) is 2. The molecule has 2 aromatic rings. The number of hydrogen-bond donors (Lipinski definition) is 1. The van der Waals surface area contributed by atoms with Crippen LogP contribution in [0.5, 0.6) is 0 Å². The molecule has 1 unspecified atom stereocenters. The molecule has 0 radical (unpaired) electrons. The van der Waals surface area contributed by atoms with Gasteiger partial charge in [-0.3, -0.25) is 4.79 Å². The average Bonchev–Trinajstić information content (AvgIpc) is 3.05. The molecule has 1 atom stereocenters. The largest absolute Gasteiger partial charge is 0.417 e. The first-order valence-electron chi connectivity index (χ1n) is 7.78. The van der Waals surface area contributed by atoms with Crippen LogP contribution in [0.15, 0.2) is 36.5 Å². The number of nitrogens with one attached hydrogen (secondary N) is 1. The van der Waals surface area contributed by atoms with Crippen LogP contribution in [0.3, 0.4) is 0 Å². The zero-order chi connectivity index (χ0) is 18.9. The minimum absolute atomic E-state index is 0.00462. The molecule has 1 aromatic carbocycles. The molecule has 1 fully saturated rings. The second-order valence-electron chi connectivity index (χ2n) is 5.94. The Balaban J connectivity index is 1.61. The molecule has 1 aromatic heterocycles. The number of amides is 1. The first-order valence-corrected chi connectivity index (χ1v) is 7.78. The topological polar surface area (TPSA) is 45.2 Å². The predicted molar refractivity (Wildman–Crippen MR) is 83.7 cm³/mol. The Morgan fingerprint density at radius 1 is 1.15 bits per heavy atom. The van der Waals surface area contributed by atoms with Crippen LogP contribution >= 0.6 is 0 Å². The van der Waals surface area contributed by atoms with Gasteiger partial charge in [-0.15, -0.1) is 0 Å². The van der Waals surface area contributed by atoms with Crippen LogP contribution in [0.25, 0.3) is 0 Å². The van der Waals surface area contributed by atoms with Crippen molar-refractivity contribution in [3.63, 3.8) is 0 Å². The van der Waals surface area contributed by atoms with Crippen molar-refractivity contribution in [2.24, 2.45) is 0 Å². The minimum atomic E-state index is -4.45. The van der Waals surface area contributed by atoms with E-state index in [0.29, 0.717) is 25.3 Å². The van der Waals surface area contributed by atoms with Crippen molar-refractivity contribution < 1.29 is 26.7 Å². The standard InChI is InChI=1S/C17H14F5N3O/c18-13-3-1-10(7-14(13)19)16(26)24-12-5-6-25(9-12)15-4-2-11(8-23-15)17(20,21)22/h1-4,7-8,12H,5-6,9H2,(H,24,26). The van der Waals surface area contributed by atoms with Gasteiger partial charge in [-0.25, -0.2) is 13.8 Å². The number of rotatable bonds is 3. The molecule has 0 saturated carbocycles. The van der Waals surface area contributed by atoms with E-state index in [2.05, 4.69) is 10.3 Å². The van der Waals surface area contributed by atoms with Crippen LogP contribution in [-0.4, -0.2) is 30.0 Å². The van der Waals surface area contributed by atoms with E-state index < -0.39 is 29.3 Å². The molecule has 0 aliphatic carbocycles. The zero-order valence-electron chi connectivity index (χ0n) is 13.4. The molecule has 1 aliphatic rings. The van der Waals surface area contributed by atoms with Crippen LogP contribution in [0, 0.1) is 11.6 Å². The van der Waals surface area contributed by atoms with Gasteiger partial charge in [-0.05, 0) is 36.8 Å². The third kappa shape index (κ3) is 3.92. The van der Waals surface area contributed by atoms with E-state index in [4.69, 9.17) is 0 Å². The predicted octanol–water partition coefficient (Wildman–Crippen LogP) is 3.39. The molecule has 0 spiro atoms. The van der Waals surface area contributed by atoms with Crippen LogP contribution < -0.4 is 10.2 Å². The van der Waals surface area contributed by atoms with Gasteiger partial charge in [0.15, 0.2) is 11.6 Å². The summed E-state index contributed by atoms with van der Waals surface area (Å²) in [5.41, 5.74) is -0.835. The van der Waals surface area contributed by atoms with E-state index in [1.807, 2.05) is 0 Å². The highest BCUT2D eigenvalue weighted by atomic mass is 19.4. The van der Waals surface area contributed by atoms with Gasteiger partial charge in [-0.2, -0.15) is 13.2 Å². The molecule has 1 N–H and O–H groups in total. The Morgan fingerprint density at radius 2 is 1.92 bits per heavy atom. The van der Waals surface area contributed by atoms with Crippen molar-refractivity contribution in [3.05, 3.63) is 59.3 Å². The fraction of sp³-hybridized carbons (Fsp3) is 0.294. The third-order valence-corrected chi connectivity index (χ3v) is 4.10. The van der Waals surface area contributed by atoms with Gasteiger partial charge in [0.25, 0.3) is 5.91 Å².